The van der Waals surface area contributed by atoms with E-state index in [2.05, 4.69) is 37.3 Å². The summed E-state index contributed by atoms with van der Waals surface area (Å²) in [5.41, 5.74) is 1.29. The van der Waals surface area contributed by atoms with Gasteiger partial charge in [-0.25, -0.2) is 0 Å². The second-order valence-electron chi connectivity index (χ2n) is 4.89. The normalized spacial score (nSPS) is 19.6. The molecule has 0 saturated heterocycles. The predicted molar refractivity (Wildman–Crippen MR) is 67.4 cm³/mol. The molecule has 1 heteroatoms. The number of rotatable bonds is 4. The largest absolute Gasteiger partial charge is 0.374 e. The van der Waals surface area contributed by atoms with E-state index in [4.69, 9.17) is 4.74 Å². The molecule has 0 spiro atoms. The van der Waals surface area contributed by atoms with E-state index in [0.717, 1.165) is 12.5 Å². The smallest absolute Gasteiger partial charge is 0.0796 e. The third kappa shape index (κ3) is 3.34. The third-order valence-electron chi connectivity index (χ3n) is 3.58. The molecule has 1 aromatic carbocycles. The molecule has 1 saturated carbocycles. The van der Waals surface area contributed by atoms with E-state index in [1.807, 2.05) is 0 Å². The summed E-state index contributed by atoms with van der Waals surface area (Å²) in [5.74, 6) is 0.805. The van der Waals surface area contributed by atoms with Crippen LogP contribution in [-0.4, -0.2) is 6.61 Å². The Hall–Kier alpha value is -0.820. The van der Waals surface area contributed by atoms with Crippen molar-refractivity contribution < 1.29 is 4.74 Å². The zero-order chi connectivity index (χ0) is 11.2. The minimum absolute atomic E-state index is 0.239. The van der Waals surface area contributed by atoms with Crippen molar-refractivity contribution in [1.29, 1.82) is 0 Å². The molecule has 0 radical (unpaired) electrons. The summed E-state index contributed by atoms with van der Waals surface area (Å²) in [6, 6.07) is 10.5. The van der Waals surface area contributed by atoms with Crippen LogP contribution in [0.5, 0.6) is 0 Å². The monoisotopic (exact) mass is 218 g/mol. The molecule has 1 atom stereocenters. The Morgan fingerprint density at radius 1 is 1.12 bits per heavy atom. The summed E-state index contributed by atoms with van der Waals surface area (Å²) in [4.78, 5) is 0. The van der Waals surface area contributed by atoms with Crippen LogP contribution in [0.25, 0.3) is 0 Å². The summed E-state index contributed by atoms with van der Waals surface area (Å²) in [6.45, 7) is 3.09. The van der Waals surface area contributed by atoms with Crippen molar-refractivity contribution in [3.8, 4) is 0 Å². The van der Waals surface area contributed by atoms with Gasteiger partial charge in [-0.15, -0.1) is 0 Å². The molecule has 1 fully saturated rings. The molecule has 88 valence electrons. The fourth-order valence-corrected chi connectivity index (χ4v) is 2.45. The molecule has 1 aliphatic rings. The number of benzene rings is 1. The highest BCUT2D eigenvalue weighted by Crippen LogP contribution is 2.26. The Labute approximate surface area is 98.8 Å². The van der Waals surface area contributed by atoms with Crippen LogP contribution in [0.15, 0.2) is 30.3 Å². The Kier molecular flexibility index (Phi) is 4.41. The molecule has 0 N–H and O–H groups in total. The van der Waals surface area contributed by atoms with E-state index >= 15 is 0 Å². The van der Waals surface area contributed by atoms with E-state index in [1.165, 1.54) is 37.7 Å². The Balaban J connectivity index is 1.77. The van der Waals surface area contributed by atoms with Crippen molar-refractivity contribution in [2.45, 2.75) is 45.1 Å². The Bertz CT molecular complexity index is 288. The minimum atomic E-state index is 0.239. The van der Waals surface area contributed by atoms with E-state index < -0.39 is 0 Å². The lowest BCUT2D eigenvalue weighted by molar-refractivity contribution is 0.0302. The molecule has 2 rings (SSSR count). The lowest BCUT2D eigenvalue weighted by Gasteiger charge is -2.23. The van der Waals surface area contributed by atoms with Crippen LogP contribution in [0, 0.1) is 5.92 Å². The predicted octanol–water partition coefficient (Wildman–Crippen LogP) is 4.34. The first-order chi connectivity index (χ1) is 7.86. The first kappa shape index (κ1) is 11.7. The van der Waals surface area contributed by atoms with Crippen LogP contribution in [-0.2, 0) is 4.74 Å². The molecule has 0 heterocycles. The summed E-state index contributed by atoms with van der Waals surface area (Å²) in [5, 5.41) is 0. The minimum Gasteiger partial charge on any atom is -0.374 e. The maximum Gasteiger partial charge on any atom is 0.0796 e. The van der Waals surface area contributed by atoms with E-state index in [0.29, 0.717) is 0 Å². The Morgan fingerprint density at radius 2 is 1.81 bits per heavy atom. The molecule has 0 aliphatic heterocycles. The van der Waals surface area contributed by atoms with Crippen LogP contribution in [0.2, 0.25) is 0 Å². The maximum absolute atomic E-state index is 5.97. The van der Waals surface area contributed by atoms with Gasteiger partial charge in [0.1, 0.15) is 0 Å². The van der Waals surface area contributed by atoms with Gasteiger partial charge < -0.3 is 4.74 Å². The van der Waals surface area contributed by atoms with Crippen LogP contribution in [0.4, 0.5) is 0 Å². The molecule has 0 aromatic heterocycles. The average molecular weight is 218 g/mol. The van der Waals surface area contributed by atoms with Crippen LogP contribution in [0.1, 0.15) is 50.7 Å². The summed E-state index contributed by atoms with van der Waals surface area (Å²) >= 11 is 0. The summed E-state index contributed by atoms with van der Waals surface area (Å²) in [7, 11) is 0. The molecule has 0 amide bonds. The lowest BCUT2D eigenvalue weighted by Crippen LogP contribution is -2.14. The lowest BCUT2D eigenvalue weighted by atomic mass is 9.90. The van der Waals surface area contributed by atoms with Gasteiger partial charge in [0.25, 0.3) is 0 Å². The fourth-order valence-electron chi connectivity index (χ4n) is 2.45. The average Bonchev–Trinajstić information content (AvgIpc) is 2.38. The van der Waals surface area contributed by atoms with Crippen LogP contribution in [0.3, 0.4) is 0 Å². The fraction of sp³-hybridized carbons (Fsp3) is 0.600. The van der Waals surface area contributed by atoms with Crippen LogP contribution < -0.4 is 0 Å². The molecule has 0 bridgehead atoms. The summed E-state index contributed by atoms with van der Waals surface area (Å²) in [6.07, 6.45) is 7.18. The zero-order valence-electron chi connectivity index (χ0n) is 10.2. The van der Waals surface area contributed by atoms with Gasteiger partial charge in [0, 0.05) is 0 Å². The van der Waals surface area contributed by atoms with Crippen molar-refractivity contribution in [2.24, 2.45) is 5.92 Å². The highest BCUT2D eigenvalue weighted by molar-refractivity contribution is 5.16. The molecule has 16 heavy (non-hydrogen) atoms. The molecule has 1 aliphatic carbocycles. The van der Waals surface area contributed by atoms with Gasteiger partial charge >= 0.3 is 0 Å². The number of hydrogen-bond donors (Lipinski definition) is 0. The van der Waals surface area contributed by atoms with Gasteiger partial charge in [-0.3, -0.25) is 0 Å². The second kappa shape index (κ2) is 6.05. The van der Waals surface area contributed by atoms with Gasteiger partial charge in [0.2, 0.25) is 0 Å². The van der Waals surface area contributed by atoms with Gasteiger partial charge in [-0.1, -0.05) is 49.6 Å². The molecule has 1 aromatic rings. The van der Waals surface area contributed by atoms with Crippen molar-refractivity contribution in [2.75, 3.05) is 6.61 Å². The van der Waals surface area contributed by atoms with Crippen molar-refractivity contribution >= 4 is 0 Å². The third-order valence-corrected chi connectivity index (χ3v) is 3.58. The van der Waals surface area contributed by atoms with Crippen molar-refractivity contribution in [3.63, 3.8) is 0 Å². The van der Waals surface area contributed by atoms with Gasteiger partial charge in [0.15, 0.2) is 0 Å². The highest BCUT2D eigenvalue weighted by Gasteiger charge is 2.15. The Morgan fingerprint density at radius 3 is 2.50 bits per heavy atom. The molecular weight excluding hydrogens is 196 g/mol. The quantitative estimate of drug-likeness (QED) is 0.730. The first-order valence-electron chi connectivity index (χ1n) is 6.53. The van der Waals surface area contributed by atoms with Gasteiger partial charge in [-0.05, 0) is 31.2 Å². The second-order valence-corrected chi connectivity index (χ2v) is 4.89. The summed E-state index contributed by atoms with van der Waals surface area (Å²) < 4.78 is 5.97. The number of hydrogen-bond acceptors (Lipinski definition) is 1. The standard InChI is InChI=1S/C15H22O/c1-13(15-10-6-3-7-11-15)16-12-14-8-4-2-5-9-14/h3,6-7,10-11,13-14H,2,4-5,8-9,12H2,1H3. The molecule has 1 nitrogen and oxygen atoms in total. The van der Waals surface area contributed by atoms with Crippen molar-refractivity contribution in [3.05, 3.63) is 35.9 Å². The van der Waals surface area contributed by atoms with E-state index in [-0.39, 0.29) is 6.10 Å². The number of ether oxygens (including phenoxy) is 1. The SMILES string of the molecule is CC(OCC1CCCCC1)c1ccccc1. The highest BCUT2D eigenvalue weighted by atomic mass is 16.5. The molecular formula is C15H22O. The maximum atomic E-state index is 5.97. The van der Waals surface area contributed by atoms with Gasteiger partial charge in [0.05, 0.1) is 12.7 Å². The van der Waals surface area contributed by atoms with E-state index in [1.54, 1.807) is 0 Å². The topological polar surface area (TPSA) is 9.23 Å². The van der Waals surface area contributed by atoms with E-state index in [9.17, 15) is 0 Å². The zero-order valence-corrected chi connectivity index (χ0v) is 10.2. The van der Waals surface area contributed by atoms with Crippen molar-refractivity contribution in [1.82, 2.24) is 0 Å². The van der Waals surface area contributed by atoms with Crippen LogP contribution >= 0.6 is 0 Å². The first-order valence-corrected chi connectivity index (χ1v) is 6.53. The molecule has 1 unspecified atom stereocenters. The van der Waals surface area contributed by atoms with Gasteiger partial charge in [-0.2, -0.15) is 0 Å².